The fourth-order valence-electron chi connectivity index (χ4n) is 1.05. The Bertz CT molecular complexity index is 520. The molecule has 1 rings (SSSR count). The summed E-state index contributed by atoms with van der Waals surface area (Å²) in [5.74, 6) is 4.39. The summed E-state index contributed by atoms with van der Waals surface area (Å²) in [5, 5.41) is 17.5. The van der Waals surface area contributed by atoms with Crippen LogP contribution >= 0.6 is 0 Å². The minimum atomic E-state index is -1.22. The van der Waals surface area contributed by atoms with Crippen LogP contribution in [0, 0.1) is 24.2 Å². The Hall–Kier alpha value is -2.72. The maximum Gasteiger partial charge on any atom is 0.335 e. The number of aromatic carboxylic acids is 2. The molecule has 0 spiro atoms. The van der Waals surface area contributed by atoms with E-state index in [-0.39, 0.29) is 16.7 Å². The van der Waals surface area contributed by atoms with E-state index in [0.717, 1.165) is 6.07 Å². The van der Waals surface area contributed by atoms with Crippen molar-refractivity contribution in [2.45, 2.75) is 0 Å². The van der Waals surface area contributed by atoms with Crippen LogP contribution in [0.25, 0.3) is 0 Å². The largest absolute Gasteiger partial charge is 0.478 e. The monoisotopic (exact) mass is 214 g/mol. The Morgan fingerprint density at radius 2 is 1.56 bits per heavy atom. The molecule has 0 aliphatic heterocycles. The zero-order chi connectivity index (χ0) is 12.1. The Kier molecular flexibility index (Phi) is 3.32. The van der Waals surface area contributed by atoms with Crippen LogP contribution in [-0.2, 0) is 0 Å². The lowest BCUT2D eigenvalue weighted by Gasteiger charge is -1.99. The number of rotatable bonds is 2. The molecular formula is C12H6O4. The van der Waals surface area contributed by atoms with Gasteiger partial charge in [-0.25, -0.2) is 9.59 Å². The minimum absolute atomic E-state index is 0.138. The predicted octanol–water partition coefficient (Wildman–Crippen LogP) is 1.07. The number of carboxylic acid groups (broad SMARTS) is 2. The Balaban J connectivity index is 3.36. The van der Waals surface area contributed by atoms with Crippen LogP contribution in [0.5, 0.6) is 0 Å². The average molecular weight is 214 g/mol. The zero-order valence-corrected chi connectivity index (χ0v) is 8.02. The molecule has 0 atom stereocenters. The van der Waals surface area contributed by atoms with E-state index >= 15 is 0 Å². The van der Waals surface area contributed by atoms with E-state index in [0.29, 0.717) is 0 Å². The van der Waals surface area contributed by atoms with Crippen molar-refractivity contribution >= 4 is 11.9 Å². The molecule has 0 aliphatic carbocycles. The fourth-order valence-corrected chi connectivity index (χ4v) is 1.05. The lowest BCUT2D eigenvalue weighted by Crippen LogP contribution is -2.03. The summed E-state index contributed by atoms with van der Waals surface area (Å²) in [6.45, 7) is 0. The highest BCUT2D eigenvalue weighted by atomic mass is 16.4. The van der Waals surface area contributed by atoms with Crippen molar-refractivity contribution in [3.05, 3.63) is 34.9 Å². The van der Waals surface area contributed by atoms with Crippen molar-refractivity contribution in [1.29, 1.82) is 0 Å². The third kappa shape index (κ3) is 2.63. The smallest absolute Gasteiger partial charge is 0.335 e. The molecule has 2 N–H and O–H groups in total. The first-order valence-electron chi connectivity index (χ1n) is 4.13. The molecule has 4 heteroatoms. The highest BCUT2D eigenvalue weighted by molar-refractivity contribution is 5.94. The van der Waals surface area contributed by atoms with Crippen LogP contribution < -0.4 is 0 Å². The van der Waals surface area contributed by atoms with Gasteiger partial charge in [0, 0.05) is 5.56 Å². The van der Waals surface area contributed by atoms with Gasteiger partial charge in [-0.1, -0.05) is 5.92 Å². The summed E-state index contributed by atoms with van der Waals surface area (Å²) in [4.78, 5) is 21.4. The van der Waals surface area contributed by atoms with Crippen LogP contribution in [0.15, 0.2) is 18.2 Å². The van der Waals surface area contributed by atoms with Gasteiger partial charge in [0.05, 0.1) is 11.1 Å². The predicted molar refractivity (Wildman–Crippen MR) is 56.1 cm³/mol. The summed E-state index contributed by atoms with van der Waals surface area (Å²) in [6, 6.07) is 3.59. The topological polar surface area (TPSA) is 74.6 Å². The van der Waals surface area contributed by atoms with Gasteiger partial charge >= 0.3 is 11.9 Å². The van der Waals surface area contributed by atoms with E-state index in [9.17, 15) is 9.59 Å². The molecule has 0 aliphatic rings. The van der Waals surface area contributed by atoms with Gasteiger partial charge in [0.1, 0.15) is 0 Å². The van der Waals surface area contributed by atoms with Crippen molar-refractivity contribution in [1.82, 2.24) is 0 Å². The number of carboxylic acids is 2. The van der Waals surface area contributed by atoms with Gasteiger partial charge in [-0.15, -0.1) is 6.42 Å². The zero-order valence-electron chi connectivity index (χ0n) is 8.02. The highest BCUT2D eigenvalue weighted by Crippen LogP contribution is 2.10. The SMILES string of the molecule is C#CC#Cc1cc(C(=O)O)cc(C(=O)O)c1. The van der Waals surface area contributed by atoms with Crippen LogP contribution in [0.1, 0.15) is 26.3 Å². The van der Waals surface area contributed by atoms with Crippen molar-refractivity contribution in [2.24, 2.45) is 0 Å². The third-order valence-corrected chi connectivity index (χ3v) is 1.71. The number of hydrogen-bond acceptors (Lipinski definition) is 2. The van der Waals surface area contributed by atoms with E-state index in [1.54, 1.807) is 0 Å². The molecule has 0 bridgehead atoms. The van der Waals surface area contributed by atoms with Gasteiger partial charge in [-0.3, -0.25) is 0 Å². The van der Waals surface area contributed by atoms with Crippen LogP contribution in [0.4, 0.5) is 0 Å². The second-order valence-electron chi connectivity index (χ2n) is 2.80. The first-order valence-corrected chi connectivity index (χ1v) is 4.13. The number of carbonyl (C=O) groups is 2. The Labute approximate surface area is 91.5 Å². The van der Waals surface area contributed by atoms with Gasteiger partial charge in [0.25, 0.3) is 0 Å². The Morgan fingerprint density at radius 1 is 1.06 bits per heavy atom. The molecule has 78 valence electrons. The lowest BCUT2D eigenvalue weighted by atomic mass is 10.1. The number of terminal acetylenes is 1. The molecule has 0 amide bonds. The molecule has 0 aromatic heterocycles. The van der Waals surface area contributed by atoms with Crippen molar-refractivity contribution in [3.8, 4) is 24.2 Å². The molecule has 0 heterocycles. The fraction of sp³-hybridized carbons (Fsp3) is 0. The summed E-state index contributed by atoms with van der Waals surface area (Å²) in [5.41, 5.74) is -0.0160. The van der Waals surface area contributed by atoms with Crippen LogP contribution in [-0.4, -0.2) is 22.2 Å². The second-order valence-corrected chi connectivity index (χ2v) is 2.80. The first-order chi connectivity index (χ1) is 7.54. The molecule has 1 aromatic rings. The molecule has 0 fully saturated rings. The molecule has 0 radical (unpaired) electrons. The first kappa shape index (κ1) is 11.4. The van der Waals surface area contributed by atoms with Gasteiger partial charge in [0.15, 0.2) is 0 Å². The molecular weight excluding hydrogens is 208 g/mol. The van der Waals surface area contributed by atoms with E-state index in [4.69, 9.17) is 16.6 Å². The summed E-state index contributed by atoms with van der Waals surface area (Å²) >= 11 is 0. The number of hydrogen-bond donors (Lipinski definition) is 2. The third-order valence-electron chi connectivity index (χ3n) is 1.71. The van der Waals surface area contributed by atoms with Gasteiger partial charge in [-0.2, -0.15) is 0 Å². The molecule has 0 unspecified atom stereocenters. The molecule has 1 aromatic carbocycles. The summed E-state index contributed by atoms with van der Waals surface area (Å²) < 4.78 is 0. The number of benzene rings is 1. The quantitative estimate of drug-likeness (QED) is 0.722. The summed E-state index contributed by atoms with van der Waals surface area (Å²) in [7, 11) is 0. The average Bonchev–Trinajstić information content (AvgIpc) is 2.25. The maximum absolute atomic E-state index is 10.7. The van der Waals surface area contributed by atoms with Crippen LogP contribution in [0.3, 0.4) is 0 Å². The van der Waals surface area contributed by atoms with Gasteiger partial charge in [-0.05, 0) is 30.0 Å². The van der Waals surface area contributed by atoms with Gasteiger partial charge in [0.2, 0.25) is 0 Å². The van der Waals surface area contributed by atoms with Gasteiger partial charge < -0.3 is 10.2 Å². The standard InChI is InChI=1S/C12H6O4/c1-2-3-4-8-5-9(11(13)14)7-10(6-8)12(15)16/h1,5-7H,(H,13,14)(H,15,16). The summed E-state index contributed by atoms with van der Waals surface area (Å²) in [6.07, 6.45) is 4.92. The molecule has 0 saturated carbocycles. The molecule has 0 saturated heterocycles. The van der Waals surface area contributed by atoms with E-state index in [1.165, 1.54) is 12.1 Å². The molecule has 16 heavy (non-hydrogen) atoms. The Morgan fingerprint density at radius 3 is 1.94 bits per heavy atom. The van der Waals surface area contributed by atoms with E-state index in [1.807, 2.05) is 0 Å². The second kappa shape index (κ2) is 4.68. The van der Waals surface area contributed by atoms with Crippen molar-refractivity contribution in [2.75, 3.05) is 0 Å². The van der Waals surface area contributed by atoms with E-state index < -0.39 is 11.9 Å². The van der Waals surface area contributed by atoms with E-state index in [2.05, 4.69) is 17.8 Å². The van der Waals surface area contributed by atoms with Crippen molar-refractivity contribution < 1.29 is 19.8 Å². The lowest BCUT2D eigenvalue weighted by molar-refractivity contribution is 0.0696. The van der Waals surface area contributed by atoms with Crippen molar-refractivity contribution in [3.63, 3.8) is 0 Å². The maximum atomic E-state index is 10.7. The molecule has 4 nitrogen and oxygen atoms in total. The highest BCUT2D eigenvalue weighted by Gasteiger charge is 2.10. The minimum Gasteiger partial charge on any atom is -0.478 e. The normalized spacial score (nSPS) is 8.44. The van der Waals surface area contributed by atoms with Crippen LogP contribution in [0.2, 0.25) is 0 Å².